The normalized spacial score (nSPS) is 19.1. The van der Waals surface area contributed by atoms with E-state index < -0.39 is 0 Å². The van der Waals surface area contributed by atoms with Crippen LogP contribution in [-0.2, 0) is 19.3 Å². The molecule has 2 unspecified atom stereocenters. The van der Waals surface area contributed by atoms with Crippen molar-refractivity contribution < 1.29 is 4.39 Å². The monoisotopic (exact) mass is 303 g/mol. The van der Waals surface area contributed by atoms with Crippen molar-refractivity contribution in [2.45, 2.75) is 31.7 Å². The number of benzene rings is 2. The van der Waals surface area contributed by atoms with Crippen LogP contribution in [0.4, 0.5) is 4.39 Å². The van der Waals surface area contributed by atoms with Gasteiger partial charge in [-0.05, 0) is 60.4 Å². The van der Waals surface area contributed by atoms with E-state index in [0.29, 0.717) is 12.3 Å². The quantitative estimate of drug-likeness (QED) is 0.905. The molecule has 2 N–H and O–H groups in total. The summed E-state index contributed by atoms with van der Waals surface area (Å²) in [6.45, 7) is 0. The summed E-state index contributed by atoms with van der Waals surface area (Å²) in [5.41, 5.74) is 10.1. The SMILES string of the molecule is NC(Cc1ccc(Cl)c(F)c1)C1CCc2ccccc2C1. The standard InChI is InChI=1S/C18H19ClFN/c19-16-8-5-12(9-17(16)20)10-18(21)15-7-6-13-3-1-2-4-14(13)11-15/h1-5,8-9,15,18H,6-7,10-11,21H2. The molecule has 0 fully saturated rings. The highest BCUT2D eigenvalue weighted by Crippen LogP contribution is 2.28. The van der Waals surface area contributed by atoms with Gasteiger partial charge >= 0.3 is 0 Å². The first-order valence-electron chi connectivity index (χ1n) is 7.40. The summed E-state index contributed by atoms with van der Waals surface area (Å²) >= 11 is 5.72. The van der Waals surface area contributed by atoms with Gasteiger partial charge in [-0.25, -0.2) is 4.39 Å². The Kier molecular flexibility index (Phi) is 4.27. The molecule has 0 bridgehead atoms. The zero-order valence-electron chi connectivity index (χ0n) is 11.9. The summed E-state index contributed by atoms with van der Waals surface area (Å²) in [6.07, 6.45) is 3.91. The third-order valence-electron chi connectivity index (χ3n) is 4.45. The smallest absolute Gasteiger partial charge is 0.142 e. The maximum Gasteiger partial charge on any atom is 0.142 e. The van der Waals surface area contributed by atoms with Crippen LogP contribution in [0.25, 0.3) is 0 Å². The molecule has 3 rings (SSSR count). The molecule has 110 valence electrons. The van der Waals surface area contributed by atoms with E-state index >= 15 is 0 Å². The van der Waals surface area contributed by atoms with Gasteiger partial charge in [-0.2, -0.15) is 0 Å². The van der Waals surface area contributed by atoms with E-state index in [1.807, 2.05) is 6.07 Å². The van der Waals surface area contributed by atoms with Gasteiger partial charge in [-0.1, -0.05) is 41.9 Å². The minimum Gasteiger partial charge on any atom is -0.327 e. The van der Waals surface area contributed by atoms with Crippen LogP contribution in [-0.4, -0.2) is 6.04 Å². The molecule has 0 saturated carbocycles. The number of nitrogens with two attached hydrogens (primary N) is 1. The molecule has 0 radical (unpaired) electrons. The van der Waals surface area contributed by atoms with Crippen LogP contribution in [0, 0.1) is 11.7 Å². The second kappa shape index (κ2) is 6.17. The van der Waals surface area contributed by atoms with E-state index in [9.17, 15) is 4.39 Å². The lowest BCUT2D eigenvalue weighted by atomic mass is 9.79. The van der Waals surface area contributed by atoms with Gasteiger partial charge < -0.3 is 5.73 Å². The molecule has 0 aromatic heterocycles. The van der Waals surface area contributed by atoms with E-state index in [2.05, 4.69) is 24.3 Å². The molecule has 2 aromatic carbocycles. The number of aryl methyl sites for hydroxylation is 1. The van der Waals surface area contributed by atoms with Crippen LogP contribution in [0.3, 0.4) is 0 Å². The summed E-state index contributed by atoms with van der Waals surface area (Å²) in [5.74, 6) is 0.0917. The molecule has 0 saturated heterocycles. The van der Waals surface area contributed by atoms with Crippen LogP contribution in [0.1, 0.15) is 23.1 Å². The molecule has 1 nitrogen and oxygen atoms in total. The molecule has 3 heteroatoms. The van der Waals surface area contributed by atoms with E-state index in [1.165, 1.54) is 17.2 Å². The molecule has 0 amide bonds. The van der Waals surface area contributed by atoms with Crippen molar-refractivity contribution in [3.8, 4) is 0 Å². The Bertz CT molecular complexity index is 641. The molecule has 0 heterocycles. The first kappa shape index (κ1) is 14.6. The first-order valence-corrected chi connectivity index (χ1v) is 7.77. The highest BCUT2D eigenvalue weighted by atomic mass is 35.5. The van der Waals surface area contributed by atoms with Gasteiger partial charge in [0.05, 0.1) is 5.02 Å². The van der Waals surface area contributed by atoms with Crippen LogP contribution in [0.15, 0.2) is 42.5 Å². The predicted octanol–water partition coefficient (Wildman–Crippen LogP) is 4.15. The average molecular weight is 304 g/mol. The average Bonchev–Trinajstić information content (AvgIpc) is 2.50. The molecule has 1 aliphatic rings. The summed E-state index contributed by atoms with van der Waals surface area (Å²) in [5, 5.41) is 0.166. The second-order valence-corrected chi connectivity index (χ2v) is 6.30. The molecule has 0 spiro atoms. The highest BCUT2D eigenvalue weighted by molar-refractivity contribution is 6.30. The molecule has 1 aliphatic carbocycles. The van der Waals surface area contributed by atoms with Crippen molar-refractivity contribution in [3.63, 3.8) is 0 Å². The number of halogens is 2. The molecule has 2 aromatic rings. The summed E-state index contributed by atoms with van der Waals surface area (Å²) < 4.78 is 13.5. The van der Waals surface area contributed by atoms with Crippen LogP contribution < -0.4 is 5.73 Å². The zero-order valence-corrected chi connectivity index (χ0v) is 12.6. The van der Waals surface area contributed by atoms with Crippen LogP contribution in [0.2, 0.25) is 5.02 Å². The minimum absolute atomic E-state index is 0.0546. The lowest BCUT2D eigenvalue weighted by Crippen LogP contribution is -2.35. The predicted molar refractivity (Wildman–Crippen MR) is 85.0 cm³/mol. The van der Waals surface area contributed by atoms with Gasteiger partial charge in [0, 0.05) is 6.04 Å². The van der Waals surface area contributed by atoms with Gasteiger partial charge in [-0.3, -0.25) is 0 Å². The second-order valence-electron chi connectivity index (χ2n) is 5.89. The van der Waals surface area contributed by atoms with Crippen molar-refractivity contribution >= 4 is 11.6 Å². The minimum atomic E-state index is -0.365. The largest absolute Gasteiger partial charge is 0.327 e. The number of rotatable bonds is 3. The number of fused-ring (bicyclic) bond motifs is 1. The fraction of sp³-hybridized carbons (Fsp3) is 0.333. The molecule has 0 aliphatic heterocycles. The number of hydrogen-bond donors (Lipinski definition) is 1. The van der Waals surface area contributed by atoms with Crippen molar-refractivity contribution in [1.29, 1.82) is 0 Å². The fourth-order valence-electron chi connectivity index (χ4n) is 3.20. The maximum absolute atomic E-state index is 13.5. The van der Waals surface area contributed by atoms with Crippen molar-refractivity contribution in [2.24, 2.45) is 11.7 Å². The number of hydrogen-bond acceptors (Lipinski definition) is 1. The third-order valence-corrected chi connectivity index (χ3v) is 4.75. The van der Waals surface area contributed by atoms with E-state index in [4.69, 9.17) is 17.3 Å². The Labute approximate surface area is 129 Å². The molecule has 21 heavy (non-hydrogen) atoms. The Balaban J connectivity index is 1.69. The van der Waals surface area contributed by atoms with Gasteiger partial charge in [0.2, 0.25) is 0 Å². The Morgan fingerprint density at radius 2 is 1.95 bits per heavy atom. The summed E-state index contributed by atoms with van der Waals surface area (Å²) in [4.78, 5) is 0. The van der Waals surface area contributed by atoms with Gasteiger partial charge in [0.25, 0.3) is 0 Å². The Morgan fingerprint density at radius 1 is 1.19 bits per heavy atom. The van der Waals surface area contributed by atoms with Crippen molar-refractivity contribution in [2.75, 3.05) is 0 Å². The van der Waals surface area contributed by atoms with Crippen molar-refractivity contribution in [3.05, 3.63) is 70.0 Å². The fourth-order valence-corrected chi connectivity index (χ4v) is 3.31. The summed E-state index contributed by atoms with van der Waals surface area (Å²) in [7, 11) is 0. The Hall–Kier alpha value is -1.38. The lowest BCUT2D eigenvalue weighted by molar-refractivity contribution is 0.372. The van der Waals surface area contributed by atoms with Gasteiger partial charge in [0.15, 0.2) is 0 Å². The van der Waals surface area contributed by atoms with E-state index in [0.717, 1.165) is 24.8 Å². The lowest BCUT2D eigenvalue weighted by Gasteiger charge is -2.29. The van der Waals surface area contributed by atoms with Gasteiger partial charge in [-0.15, -0.1) is 0 Å². The topological polar surface area (TPSA) is 26.0 Å². The van der Waals surface area contributed by atoms with E-state index in [1.54, 1.807) is 6.07 Å². The molecule has 2 atom stereocenters. The van der Waals surface area contributed by atoms with Crippen LogP contribution >= 0.6 is 11.6 Å². The van der Waals surface area contributed by atoms with Crippen LogP contribution in [0.5, 0.6) is 0 Å². The molecular weight excluding hydrogens is 285 g/mol. The summed E-state index contributed by atoms with van der Waals surface area (Å²) in [6, 6.07) is 13.6. The first-order chi connectivity index (χ1) is 10.1. The zero-order chi connectivity index (χ0) is 14.8. The van der Waals surface area contributed by atoms with E-state index in [-0.39, 0.29) is 16.9 Å². The third kappa shape index (κ3) is 3.28. The Morgan fingerprint density at radius 3 is 2.71 bits per heavy atom. The highest BCUT2D eigenvalue weighted by Gasteiger charge is 2.24. The van der Waals surface area contributed by atoms with Crippen molar-refractivity contribution in [1.82, 2.24) is 0 Å². The maximum atomic E-state index is 13.5. The van der Waals surface area contributed by atoms with Gasteiger partial charge in [0.1, 0.15) is 5.82 Å². The molecular formula is C18H19ClFN.